The molecule has 1 aromatic rings. The van der Waals surface area contributed by atoms with E-state index in [2.05, 4.69) is 15.9 Å². The Morgan fingerprint density at radius 1 is 1.44 bits per heavy atom. The van der Waals surface area contributed by atoms with Crippen LogP contribution in [0.4, 0.5) is 8.78 Å². The van der Waals surface area contributed by atoms with E-state index >= 15 is 0 Å². The number of hydrogen-bond donors (Lipinski definition) is 0. The molecule has 0 radical (unpaired) electrons. The van der Waals surface area contributed by atoms with Gasteiger partial charge in [0, 0.05) is 11.9 Å². The Kier molecular flexibility index (Phi) is 6.27. The van der Waals surface area contributed by atoms with E-state index in [0.29, 0.717) is 4.31 Å². The Hall–Kier alpha value is 0.530. The minimum Gasteiger partial charge on any atom is -0.209 e. The highest BCUT2D eigenvalue weighted by Gasteiger charge is 2.30. The van der Waals surface area contributed by atoms with Gasteiger partial charge in [-0.15, -0.1) is 11.3 Å². The molecule has 0 saturated heterocycles. The van der Waals surface area contributed by atoms with Crippen molar-refractivity contribution in [2.45, 2.75) is 11.3 Å². The lowest BCUT2D eigenvalue weighted by atomic mass is 10.6. The van der Waals surface area contributed by atoms with Gasteiger partial charge in [0.1, 0.15) is 9.23 Å². The predicted molar refractivity (Wildman–Crippen MR) is 72.9 cm³/mol. The van der Waals surface area contributed by atoms with Gasteiger partial charge in [0.2, 0.25) is 10.0 Å². The first-order valence-electron chi connectivity index (χ1n) is 4.58. The maximum absolute atomic E-state index is 12.4. The van der Waals surface area contributed by atoms with Crippen LogP contribution in [0.1, 0.15) is 0 Å². The van der Waals surface area contributed by atoms with Crippen LogP contribution in [0.25, 0.3) is 0 Å². The van der Waals surface area contributed by atoms with Crippen molar-refractivity contribution in [3.8, 4) is 0 Å². The van der Waals surface area contributed by atoms with E-state index in [1.54, 1.807) is 0 Å². The molecule has 0 aliphatic heterocycles. The van der Waals surface area contributed by atoms with Gasteiger partial charge in [-0.25, -0.2) is 17.2 Å². The summed E-state index contributed by atoms with van der Waals surface area (Å²) < 4.78 is 49.9. The largest absolute Gasteiger partial charge is 0.252 e. The monoisotopic (exact) mass is 401 g/mol. The van der Waals surface area contributed by atoms with Crippen LogP contribution in [0.5, 0.6) is 0 Å². The van der Waals surface area contributed by atoms with Crippen molar-refractivity contribution in [3.05, 3.63) is 14.7 Å². The first-order chi connectivity index (χ1) is 8.28. The van der Waals surface area contributed by atoms with Gasteiger partial charge in [0.15, 0.2) is 0 Å². The summed E-state index contributed by atoms with van der Waals surface area (Å²) in [6.45, 7) is -0.950. The first-order valence-corrected chi connectivity index (χ1v) is 8.71. The highest BCUT2D eigenvalue weighted by molar-refractivity contribution is 9.09. The number of sulfonamides is 1. The number of halogens is 5. The van der Waals surface area contributed by atoms with Crippen molar-refractivity contribution in [1.82, 2.24) is 4.31 Å². The SMILES string of the molecule is O=S(=O)(c1cc(Cl)sc1Cl)N(CCBr)CC(F)F. The summed E-state index contributed by atoms with van der Waals surface area (Å²) in [4.78, 5) is -0.235. The third-order valence-electron chi connectivity index (χ3n) is 1.92. The van der Waals surface area contributed by atoms with Crippen LogP contribution < -0.4 is 0 Å². The van der Waals surface area contributed by atoms with Crippen molar-refractivity contribution in [3.63, 3.8) is 0 Å². The average Bonchev–Trinajstić information content (AvgIpc) is 2.57. The van der Waals surface area contributed by atoms with Crippen LogP contribution >= 0.6 is 50.5 Å². The summed E-state index contributed by atoms with van der Waals surface area (Å²) >= 11 is 15.3. The second kappa shape index (κ2) is 6.81. The topological polar surface area (TPSA) is 37.4 Å². The molecular formula is C8H8BrCl2F2NO2S2. The van der Waals surface area contributed by atoms with Gasteiger partial charge < -0.3 is 0 Å². The highest BCUT2D eigenvalue weighted by atomic mass is 79.9. The van der Waals surface area contributed by atoms with Gasteiger partial charge in [-0.3, -0.25) is 0 Å². The fourth-order valence-corrected chi connectivity index (χ4v) is 5.39. The van der Waals surface area contributed by atoms with Gasteiger partial charge in [0.25, 0.3) is 6.43 Å². The summed E-state index contributed by atoms with van der Waals surface area (Å²) in [5.74, 6) is 0. The van der Waals surface area contributed by atoms with E-state index in [1.165, 1.54) is 0 Å². The Bertz CT molecular complexity index is 509. The van der Waals surface area contributed by atoms with Crippen molar-refractivity contribution in [2.24, 2.45) is 0 Å². The first kappa shape index (κ1) is 16.6. The minimum absolute atomic E-state index is 0.0335. The predicted octanol–water partition coefficient (Wildman–Crippen LogP) is 3.71. The Balaban J connectivity index is 3.12. The van der Waals surface area contributed by atoms with E-state index in [4.69, 9.17) is 23.2 Å². The Labute approximate surface area is 126 Å². The summed E-state index contributed by atoms with van der Waals surface area (Å²) in [6, 6.07) is 1.16. The third kappa shape index (κ3) is 4.01. The maximum atomic E-state index is 12.4. The average molecular weight is 403 g/mol. The van der Waals surface area contributed by atoms with Gasteiger partial charge >= 0.3 is 0 Å². The molecule has 104 valence electrons. The molecule has 3 nitrogen and oxygen atoms in total. The molecule has 0 atom stereocenters. The van der Waals surface area contributed by atoms with Crippen LogP contribution in [0.3, 0.4) is 0 Å². The lowest BCUT2D eigenvalue weighted by Crippen LogP contribution is -2.36. The fourth-order valence-electron chi connectivity index (χ4n) is 1.20. The fraction of sp³-hybridized carbons (Fsp3) is 0.500. The van der Waals surface area contributed by atoms with Crippen LogP contribution in [0, 0.1) is 0 Å². The smallest absolute Gasteiger partial charge is 0.209 e. The molecule has 0 unspecified atom stereocenters. The molecule has 0 aromatic carbocycles. The van der Waals surface area contributed by atoms with Crippen molar-refractivity contribution in [2.75, 3.05) is 18.4 Å². The van der Waals surface area contributed by atoms with Crippen molar-refractivity contribution >= 4 is 60.5 Å². The standard InChI is InChI=1S/C8H8BrCl2F2NO2S2/c9-1-2-14(4-7(12)13)18(15,16)5-3-6(10)17-8(5)11/h3,7H,1-2,4H2. The van der Waals surface area contributed by atoms with Crippen LogP contribution in [-0.2, 0) is 10.0 Å². The lowest BCUT2D eigenvalue weighted by Gasteiger charge is -2.20. The van der Waals surface area contributed by atoms with Crippen molar-refractivity contribution in [1.29, 1.82) is 0 Å². The second-order valence-electron chi connectivity index (χ2n) is 3.13. The quantitative estimate of drug-likeness (QED) is 0.680. The molecule has 0 aliphatic rings. The van der Waals surface area contributed by atoms with Gasteiger partial charge in [-0.1, -0.05) is 39.1 Å². The number of thiophene rings is 1. The van der Waals surface area contributed by atoms with Crippen LogP contribution in [0.2, 0.25) is 8.67 Å². The van der Waals surface area contributed by atoms with Crippen LogP contribution in [0.15, 0.2) is 11.0 Å². The molecule has 10 heteroatoms. The molecule has 1 heterocycles. The molecule has 1 aromatic heterocycles. The number of nitrogens with zero attached hydrogens (tertiary/aromatic N) is 1. The van der Waals surface area contributed by atoms with E-state index in [1.807, 2.05) is 0 Å². The summed E-state index contributed by atoms with van der Waals surface area (Å²) in [5.41, 5.74) is 0. The molecule has 0 N–H and O–H groups in total. The van der Waals surface area contributed by atoms with Gasteiger partial charge in [-0.2, -0.15) is 4.31 Å². The zero-order chi connectivity index (χ0) is 13.9. The number of alkyl halides is 3. The molecule has 0 spiro atoms. The summed E-state index contributed by atoms with van der Waals surface area (Å²) in [5, 5.41) is 0.244. The van der Waals surface area contributed by atoms with Gasteiger partial charge in [-0.05, 0) is 6.07 Å². The lowest BCUT2D eigenvalue weighted by molar-refractivity contribution is 0.121. The number of rotatable bonds is 6. The van der Waals surface area contributed by atoms with E-state index < -0.39 is 23.0 Å². The molecule has 0 bridgehead atoms. The molecule has 18 heavy (non-hydrogen) atoms. The van der Waals surface area contributed by atoms with E-state index in [-0.39, 0.29) is 25.4 Å². The minimum atomic E-state index is -4.05. The zero-order valence-corrected chi connectivity index (χ0v) is 13.5. The van der Waals surface area contributed by atoms with E-state index in [0.717, 1.165) is 17.4 Å². The molecule has 0 aliphatic carbocycles. The second-order valence-corrected chi connectivity index (χ2v) is 8.12. The normalized spacial score (nSPS) is 12.6. The molecule has 1 rings (SSSR count). The summed E-state index contributed by atoms with van der Waals surface area (Å²) in [6.07, 6.45) is -2.76. The third-order valence-corrected chi connectivity index (χ3v) is 5.89. The van der Waals surface area contributed by atoms with E-state index in [9.17, 15) is 17.2 Å². The zero-order valence-electron chi connectivity index (χ0n) is 8.75. The van der Waals surface area contributed by atoms with Gasteiger partial charge in [0.05, 0.1) is 10.9 Å². The molecule has 0 amide bonds. The van der Waals surface area contributed by atoms with Crippen molar-refractivity contribution < 1.29 is 17.2 Å². The molecule has 0 fully saturated rings. The van der Waals surface area contributed by atoms with Crippen LogP contribution in [-0.4, -0.2) is 37.6 Å². The molecule has 0 saturated carbocycles. The number of hydrogen-bond acceptors (Lipinski definition) is 3. The Morgan fingerprint density at radius 2 is 2.06 bits per heavy atom. The Morgan fingerprint density at radius 3 is 2.44 bits per heavy atom. The highest BCUT2D eigenvalue weighted by Crippen LogP contribution is 2.35. The maximum Gasteiger partial charge on any atom is 0.252 e. The summed E-state index contributed by atoms with van der Waals surface area (Å²) in [7, 11) is -4.05. The molecular weight excluding hydrogens is 395 g/mol.